The summed E-state index contributed by atoms with van der Waals surface area (Å²) in [5.74, 6) is -0.239. The zero-order chi connectivity index (χ0) is 14.7. The molecule has 20 heavy (non-hydrogen) atoms. The Morgan fingerprint density at radius 3 is 2.50 bits per heavy atom. The van der Waals surface area contributed by atoms with Crippen molar-refractivity contribution in [2.45, 2.75) is 16.7 Å². The Labute approximate surface area is 119 Å². The summed E-state index contributed by atoms with van der Waals surface area (Å²) in [4.78, 5) is 22.9. The van der Waals surface area contributed by atoms with E-state index in [9.17, 15) is 20.0 Å². The predicted molar refractivity (Wildman–Crippen MR) is 75.3 cm³/mol. The number of para-hydroxylation sites is 1. The first kappa shape index (κ1) is 14.1. The lowest BCUT2D eigenvalue weighted by atomic mass is 10.1. The number of nitro groups is 1. The maximum atomic E-state index is 11.6. The number of Topliss-reactive ketones (excluding diaryl/α,β-unsaturated/α-hetero) is 1. The van der Waals surface area contributed by atoms with Gasteiger partial charge in [0.2, 0.25) is 0 Å². The van der Waals surface area contributed by atoms with Crippen molar-refractivity contribution in [3.63, 3.8) is 0 Å². The number of nitrogens with zero attached hydrogens (tertiary/aromatic N) is 1. The molecule has 1 N–H and O–H groups in total. The highest BCUT2D eigenvalue weighted by molar-refractivity contribution is 7.99. The van der Waals surface area contributed by atoms with Crippen molar-refractivity contribution in [2.24, 2.45) is 0 Å². The minimum Gasteiger partial charge on any atom is -0.507 e. The van der Waals surface area contributed by atoms with E-state index in [1.807, 2.05) is 0 Å². The average molecular weight is 289 g/mol. The normalized spacial score (nSPS) is 10.2. The lowest BCUT2D eigenvalue weighted by molar-refractivity contribution is -0.387. The Morgan fingerprint density at radius 2 is 1.90 bits per heavy atom. The van der Waals surface area contributed by atoms with Crippen LogP contribution in [-0.4, -0.2) is 15.8 Å². The number of ketones is 1. The highest BCUT2D eigenvalue weighted by Crippen LogP contribution is 2.40. The van der Waals surface area contributed by atoms with Crippen LogP contribution in [0.1, 0.15) is 17.3 Å². The summed E-state index contributed by atoms with van der Waals surface area (Å²) >= 11 is 1.01. The first-order chi connectivity index (χ1) is 9.50. The van der Waals surface area contributed by atoms with E-state index in [-0.39, 0.29) is 27.7 Å². The van der Waals surface area contributed by atoms with Gasteiger partial charge in [-0.2, -0.15) is 0 Å². The highest BCUT2D eigenvalue weighted by atomic mass is 32.2. The molecule has 2 aromatic carbocycles. The van der Waals surface area contributed by atoms with E-state index in [0.29, 0.717) is 4.90 Å². The van der Waals surface area contributed by atoms with Crippen LogP contribution in [0.4, 0.5) is 5.69 Å². The molecule has 0 aliphatic carbocycles. The van der Waals surface area contributed by atoms with E-state index in [1.54, 1.807) is 18.2 Å². The lowest BCUT2D eigenvalue weighted by Crippen LogP contribution is -1.99. The Morgan fingerprint density at radius 1 is 1.20 bits per heavy atom. The van der Waals surface area contributed by atoms with Crippen LogP contribution >= 0.6 is 11.8 Å². The summed E-state index contributed by atoms with van der Waals surface area (Å²) in [6.07, 6.45) is 0. The van der Waals surface area contributed by atoms with Crippen molar-refractivity contribution in [3.05, 3.63) is 58.1 Å². The van der Waals surface area contributed by atoms with Gasteiger partial charge in [-0.25, -0.2) is 0 Å². The van der Waals surface area contributed by atoms with E-state index in [4.69, 9.17) is 0 Å². The van der Waals surface area contributed by atoms with E-state index < -0.39 is 4.92 Å². The average Bonchev–Trinajstić information content (AvgIpc) is 2.41. The largest absolute Gasteiger partial charge is 0.507 e. The molecule has 0 aromatic heterocycles. The molecule has 2 rings (SSSR count). The number of phenolic OH excluding ortho intramolecular Hbond substituents is 1. The zero-order valence-electron chi connectivity index (χ0n) is 10.6. The number of hydrogen-bond donors (Lipinski definition) is 1. The molecule has 2 aromatic rings. The fraction of sp³-hybridized carbons (Fsp3) is 0.0714. The number of nitro benzene ring substituents is 1. The van der Waals surface area contributed by atoms with Crippen LogP contribution in [-0.2, 0) is 0 Å². The third kappa shape index (κ3) is 2.80. The van der Waals surface area contributed by atoms with Crippen molar-refractivity contribution in [1.82, 2.24) is 0 Å². The molecule has 5 nitrogen and oxygen atoms in total. The monoisotopic (exact) mass is 289 g/mol. The SMILES string of the molecule is CC(=O)c1cccc([N+](=O)[O-])c1Sc1ccccc1O. The summed E-state index contributed by atoms with van der Waals surface area (Å²) < 4.78 is 0. The molecule has 0 atom stereocenters. The first-order valence-corrected chi connectivity index (χ1v) is 6.56. The van der Waals surface area contributed by atoms with Gasteiger partial charge < -0.3 is 5.11 Å². The van der Waals surface area contributed by atoms with Gasteiger partial charge in [0.15, 0.2) is 5.78 Å². The van der Waals surface area contributed by atoms with Gasteiger partial charge in [-0.3, -0.25) is 14.9 Å². The van der Waals surface area contributed by atoms with Crippen molar-refractivity contribution in [1.29, 1.82) is 0 Å². The zero-order valence-corrected chi connectivity index (χ0v) is 11.4. The fourth-order valence-corrected chi connectivity index (χ4v) is 2.81. The minimum atomic E-state index is -0.533. The summed E-state index contributed by atoms with van der Waals surface area (Å²) in [6, 6.07) is 10.9. The summed E-state index contributed by atoms with van der Waals surface area (Å²) in [5.41, 5.74) is 0.124. The maximum Gasteiger partial charge on any atom is 0.283 e. The molecule has 0 fully saturated rings. The van der Waals surface area contributed by atoms with Gasteiger partial charge in [-0.05, 0) is 25.1 Å². The maximum absolute atomic E-state index is 11.6. The molecule has 0 saturated carbocycles. The fourth-order valence-electron chi connectivity index (χ4n) is 1.71. The van der Waals surface area contributed by atoms with Crippen LogP contribution in [0, 0.1) is 10.1 Å². The standard InChI is InChI=1S/C14H11NO4S/c1-9(16)10-5-4-6-11(15(18)19)14(10)20-13-8-3-2-7-12(13)17/h2-8,17H,1H3. The van der Waals surface area contributed by atoms with Crippen molar-refractivity contribution < 1.29 is 14.8 Å². The van der Waals surface area contributed by atoms with Gasteiger partial charge in [-0.1, -0.05) is 30.0 Å². The van der Waals surface area contributed by atoms with Gasteiger partial charge >= 0.3 is 0 Å². The minimum absolute atomic E-state index is 0.0187. The molecule has 6 heteroatoms. The Kier molecular flexibility index (Phi) is 4.05. The first-order valence-electron chi connectivity index (χ1n) is 5.75. The molecule has 0 heterocycles. The molecule has 0 aliphatic heterocycles. The lowest BCUT2D eigenvalue weighted by Gasteiger charge is -2.08. The second kappa shape index (κ2) is 5.75. The Hall–Kier alpha value is -2.34. The molecule has 0 radical (unpaired) electrons. The topological polar surface area (TPSA) is 80.4 Å². The molecular weight excluding hydrogens is 278 g/mol. The molecule has 102 valence electrons. The smallest absolute Gasteiger partial charge is 0.283 e. The molecule has 0 spiro atoms. The van der Waals surface area contributed by atoms with Crippen molar-refractivity contribution >= 4 is 23.2 Å². The quantitative estimate of drug-likeness (QED) is 0.528. The van der Waals surface area contributed by atoms with E-state index >= 15 is 0 Å². The molecule has 0 aliphatic rings. The third-order valence-electron chi connectivity index (χ3n) is 2.65. The summed E-state index contributed by atoms with van der Waals surface area (Å²) in [5, 5.41) is 20.8. The molecule has 0 unspecified atom stereocenters. The number of hydrogen-bond acceptors (Lipinski definition) is 5. The van der Waals surface area contributed by atoms with Gasteiger partial charge in [0.05, 0.1) is 9.82 Å². The van der Waals surface area contributed by atoms with Gasteiger partial charge in [0, 0.05) is 11.6 Å². The van der Waals surface area contributed by atoms with Crippen LogP contribution in [0.3, 0.4) is 0 Å². The van der Waals surface area contributed by atoms with E-state index in [0.717, 1.165) is 11.8 Å². The summed E-state index contributed by atoms with van der Waals surface area (Å²) in [6.45, 7) is 1.36. The van der Waals surface area contributed by atoms with Crippen LogP contribution in [0.5, 0.6) is 5.75 Å². The van der Waals surface area contributed by atoms with Crippen molar-refractivity contribution in [3.8, 4) is 5.75 Å². The second-order valence-corrected chi connectivity index (χ2v) is 5.09. The van der Waals surface area contributed by atoms with E-state index in [2.05, 4.69) is 0 Å². The summed E-state index contributed by atoms with van der Waals surface area (Å²) in [7, 11) is 0. The van der Waals surface area contributed by atoms with Gasteiger partial charge in [0.25, 0.3) is 5.69 Å². The van der Waals surface area contributed by atoms with E-state index in [1.165, 1.54) is 31.2 Å². The molecule has 0 bridgehead atoms. The number of aromatic hydroxyl groups is 1. The molecule has 0 saturated heterocycles. The van der Waals surface area contributed by atoms with Crippen LogP contribution in [0.15, 0.2) is 52.3 Å². The highest BCUT2D eigenvalue weighted by Gasteiger charge is 2.21. The number of phenols is 1. The van der Waals surface area contributed by atoms with Crippen molar-refractivity contribution in [2.75, 3.05) is 0 Å². The molecule has 0 amide bonds. The van der Waals surface area contributed by atoms with Gasteiger partial charge in [-0.15, -0.1) is 0 Å². The molecular formula is C14H11NO4S. The Balaban J connectivity index is 2.57. The van der Waals surface area contributed by atoms with Crippen LogP contribution in [0.25, 0.3) is 0 Å². The third-order valence-corrected chi connectivity index (χ3v) is 3.85. The van der Waals surface area contributed by atoms with Gasteiger partial charge in [0.1, 0.15) is 10.6 Å². The number of rotatable bonds is 4. The number of benzene rings is 2. The predicted octanol–water partition coefficient (Wildman–Crippen LogP) is 3.65. The number of carbonyl (C=O) groups is 1. The number of carbonyl (C=O) groups excluding carboxylic acids is 1. The second-order valence-electron chi connectivity index (χ2n) is 4.04. The Bertz CT molecular complexity index is 652. The van der Waals surface area contributed by atoms with Crippen LogP contribution in [0.2, 0.25) is 0 Å². The van der Waals surface area contributed by atoms with Crippen LogP contribution < -0.4 is 0 Å².